The van der Waals surface area contributed by atoms with Crippen molar-refractivity contribution in [1.29, 1.82) is 0 Å². The van der Waals surface area contributed by atoms with E-state index in [1.165, 1.54) is 0 Å². The molecule has 0 bridgehead atoms. The van der Waals surface area contributed by atoms with E-state index in [4.69, 9.17) is 11.6 Å². The van der Waals surface area contributed by atoms with E-state index in [1.807, 2.05) is 12.2 Å². The van der Waals surface area contributed by atoms with Crippen LogP contribution in [0, 0.1) is 0 Å². The molecule has 1 aromatic rings. The van der Waals surface area contributed by atoms with Crippen molar-refractivity contribution < 1.29 is 13.2 Å². The van der Waals surface area contributed by atoms with Crippen LogP contribution in [-0.2, 0) is 6.54 Å². The van der Waals surface area contributed by atoms with E-state index in [1.54, 1.807) is 0 Å². The maximum atomic E-state index is 12.0. The van der Waals surface area contributed by atoms with Crippen LogP contribution < -0.4 is 10.9 Å². The molecule has 0 amide bonds. The highest BCUT2D eigenvalue weighted by Gasteiger charge is 2.27. The van der Waals surface area contributed by atoms with Gasteiger partial charge in [-0.25, -0.2) is 4.68 Å². The van der Waals surface area contributed by atoms with Gasteiger partial charge >= 0.3 is 6.18 Å². The Hall–Kier alpha value is -1.24. The smallest absolute Gasteiger partial charge is 0.374 e. The average molecular weight is 284 g/mol. The number of hydrogen-bond acceptors (Lipinski definition) is 3. The number of anilines is 1. The summed E-state index contributed by atoms with van der Waals surface area (Å²) in [5, 5.41) is 5.54. The highest BCUT2D eigenvalue weighted by Crippen LogP contribution is 2.19. The summed E-state index contributed by atoms with van der Waals surface area (Å²) in [5.41, 5.74) is -0.691. The summed E-state index contributed by atoms with van der Waals surface area (Å²) in [6.07, 6.45) is -1.62. The lowest BCUT2D eigenvalue weighted by Crippen LogP contribution is -2.27. The second kappa shape index (κ2) is 6.08. The Morgan fingerprint density at radius 2 is 2.17 bits per heavy atom. The standard InChI is InChI=1S/C10H13ClF3N3O/c1-2-3-4-17-9(18)8(11)7(5-16-17)15-6-10(12,13)14/h5,15H,2-4,6H2,1H3. The van der Waals surface area contributed by atoms with E-state index < -0.39 is 18.3 Å². The summed E-state index contributed by atoms with van der Waals surface area (Å²) >= 11 is 5.70. The molecule has 0 atom stereocenters. The molecule has 0 aromatic carbocycles. The van der Waals surface area contributed by atoms with Gasteiger partial charge in [0.25, 0.3) is 5.56 Å². The minimum absolute atomic E-state index is 0.105. The van der Waals surface area contributed by atoms with Gasteiger partial charge in [-0.15, -0.1) is 0 Å². The van der Waals surface area contributed by atoms with E-state index >= 15 is 0 Å². The molecule has 18 heavy (non-hydrogen) atoms. The minimum Gasteiger partial charge on any atom is -0.374 e. The number of nitrogens with one attached hydrogen (secondary N) is 1. The average Bonchev–Trinajstić information content (AvgIpc) is 2.28. The molecular formula is C10H13ClF3N3O. The second-order valence-corrected chi connectivity index (χ2v) is 4.10. The number of unbranched alkanes of at least 4 members (excludes halogenated alkanes) is 1. The van der Waals surface area contributed by atoms with Gasteiger partial charge in [-0.2, -0.15) is 18.3 Å². The van der Waals surface area contributed by atoms with Crippen molar-refractivity contribution >= 4 is 17.3 Å². The molecular weight excluding hydrogens is 271 g/mol. The Balaban J connectivity index is 2.84. The van der Waals surface area contributed by atoms with Gasteiger partial charge in [0, 0.05) is 6.54 Å². The molecule has 0 radical (unpaired) electrons. The van der Waals surface area contributed by atoms with E-state index in [0.717, 1.165) is 23.7 Å². The number of rotatable bonds is 5. The summed E-state index contributed by atoms with van der Waals surface area (Å²) in [6, 6.07) is 0. The van der Waals surface area contributed by atoms with Crippen LogP contribution in [0.25, 0.3) is 0 Å². The number of aromatic nitrogens is 2. The molecule has 1 heterocycles. The van der Waals surface area contributed by atoms with Crippen molar-refractivity contribution in [2.24, 2.45) is 0 Å². The second-order valence-electron chi connectivity index (χ2n) is 3.72. The molecule has 0 aliphatic rings. The van der Waals surface area contributed by atoms with E-state index in [2.05, 4.69) is 5.10 Å². The Kier molecular flexibility index (Phi) is 5.01. The predicted octanol–water partition coefficient (Wildman–Crippen LogP) is 2.67. The molecule has 4 nitrogen and oxygen atoms in total. The first-order valence-electron chi connectivity index (χ1n) is 5.41. The first-order valence-corrected chi connectivity index (χ1v) is 5.79. The van der Waals surface area contributed by atoms with Crippen LogP contribution in [0.5, 0.6) is 0 Å². The predicted molar refractivity (Wildman–Crippen MR) is 63.0 cm³/mol. The molecule has 0 saturated carbocycles. The summed E-state index contributed by atoms with van der Waals surface area (Å²) in [7, 11) is 0. The highest BCUT2D eigenvalue weighted by molar-refractivity contribution is 6.32. The van der Waals surface area contributed by atoms with Gasteiger partial charge in [0.15, 0.2) is 0 Å². The van der Waals surface area contributed by atoms with Crippen molar-refractivity contribution in [3.63, 3.8) is 0 Å². The molecule has 8 heteroatoms. The van der Waals surface area contributed by atoms with Crippen LogP contribution in [0.1, 0.15) is 19.8 Å². The Morgan fingerprint density at radius 1 is 1.50 bits per heavy atom. The fourth-order valence-corrected chi connectivity index (χ4v) is 1.46. The fraction of sp³-hybridized carbons (Fsp3) is 0.600. The van der Waals surface area contributed by atoms with Crippen LogP contribution >= 0.6 is 11.6 Å². The third kappa shape index (κ3) is 4.21. The first-order chi connectivity index (χ1) is 8.35. The van der Waals surface area contributed by atoms with Crippen molar-refractivity contribution in [1.82, 2.24) is 9.78 Å². The lowest BCUT2D eigenvalue weighted by Gasteiger charge is -2.11. The minimum atomic E-state index is -4.37. The zero-order valence-electron chi connectivity index (χ0n) is 9.72. The van der Waals surface area contributed by atoms with Gasteiger partial charge < -0.3 is 5.32 Å². The molecule has 0 fully saturated rings. The van der Waals surface area contributed by atoms with Crippen LogP contribution in [0.3, 0.4) is 0 Å². The van der Waals surface area contributed by atoms with Crippen molar-refractivity contribution in [3.8, 4) is 0 Å². The van der Waals surface area contributed by atoms with Gasteiger partial charge in [0.1, 0.15) is 11.6 Å². The third-order valence-electron chi connectivity index (χ3n) is 2.19. The van der Waals surface area contributed by atoms with E-state index in [0.29, 0.717) is 6.54 Å². The maximum Gasteiger partial charge on any atom is 0.405 e. The summed E-state index contributed by atoms with van der Waals surface area (Å²) in [6.45, 7) is 1.09. The molecule has 1 rings (SSSR count). The number of aryl methyl sites for hydroxylation is 1. The summed E-state index contributed by atoms with van der Waals surface area (Å²) in [5.74, 6) is 0. The van der Waals surface area contributed by atoms with E-state index in [9.17, 15) is 18.0 Å². The number of hydrogen-bond donors (Lipinski definition) is 1. The van der Waals surface area contributed by atoms with Gasteiger partial charge in [-0.05, 0) is 6.42 Å². The topological polar surface area (TPSA) is 46.9 Å². The van der Waals surface area contributed by atoms with Crippen LogP contribution in [0.2, 0.25) is 5.02 Å². The third-order valence-corrected chi connectivity index (χ3v) is 2.55. The zero-order chi connectivity index (χ0) is 13.8. The molecule has 1 N–H and O–H groups in total. The Bertz CT molecular complexity index is 459. The van der Waals surface area contributed by atoms with Gasteiger partial charge in [-0.3, -0.25) is 4.79 Å². The normalized spacial score (nSPS) is 11.6. The number of alkyl halides is 3. The zero-order valence-corrected chi connectivity index (χ0v) is 10.5. The van der Waals surface area contributed by atoms with Crippen LogP contribution in [0.15, 0.2) is 11.0 Å². The molecule has 0 saturated heterocycles. The first kappa shape index (κ1) is 14.8. The fourth-order valence-electron chi connectivity index (χ4n) is 1.25. The Labute approximate surface area is 107 Å². The van der Waals surface area contributed by atoms with Crippen molar-refractivity contribution in [2.45, 2.75) is 32.5 Å². The van der Waals surface area contributed by atoms with Gasteiger partial charge in [-0.1, -0.05) is 24.9 Å². The lowest BCUT2D eigenvalue weighted by atomic mass is 10.3. The number of nitrogens with zero attached hydrogens (tertiary/aromatic N) is 2. The maximum absolute atomic E-state index is 12.0. The number of halogens is 4. The molecule has 0 aliphatic heterocycles. The summed E-state index contributed by atoms with van der Waals surface area (Å²) in [4.78, 5) is 11.7. The van der Waals surface area contributed by atoms with Crippen LogP contribution in [0.4, 0.5) is 18.9 Å². The van der Waals surface area contributed by atoms with Crippen molar-refractivity contribution in [3.05, 3.63) is 21.6 Å². The molecule has 0 spiro atoms. The highest BCUT2D eigenvalue weighted by atomic mass is 35.5. The van der Waals surface area contributed by atoms with Crippen molar-refractivity contribution in [2.75, 3.05) is 11.9 Å². The lowest BCUT2D eigenvalue weighted by molar-refractivity contribution is -0.115. The SMILES string of the molecule is CCCCn1ncc(NCC(F)(F)F)c(Cl)c1=O. The molecule has 1 aromatic heterocycles. The molecule has 102 valence electrons. The summed E-state index contributed by atoms with van der Waals surface area (Å²) < 4.78 is 37.2. The van der Waals surface area contributed by atoms with E-state index in [-0.39, 0.29) is 10.7 Å². The largest absolute Gasteiger partial charge is 0.405 e. The quantitative estimate of drug-likeness (QED) is 0.904. The molecule has 0 unspecified atom stereocenters. The van der Waals surface area contributed by atoms with Gasteiger partial charge in [0.05, 0.1) is 11.9 Å². The van der Waals surface area contributed by atoms with Gasteiger partial charge in [0.2, 0.25) is 0 Å². The molecule has 0 aliphatic carbocycles. The Morgan fingerprint density at radius 3 is 2.72 bits per heavy atom. The monoisotopic (exact) mass is 283 g/mol. The van der Waals surface area contributed by atoms with Crippen LogP contribution in [-0.4, -0.2) is 22.5 Å².